The van der Waals surface area contributed by atoms with Crippen LogP contribution in [0.25, 0.3) is 0 Å². The lowest BCUT2D eigenvalue weighted by atomic mass is 10.1. The van der Waals surface area contributed by atoms with Gasteiger partial charge in [0.2, 0.25) is 5.91 Å². The molecule has 0 spiro atoms. The Morgan fingerprint density at radius 2 is 1.73 bits per heavy atom. The number of nitrogens with zero attached hydrogens (tertiary/aromatic N) is 1. The Labute approximate surface area is 191 Å². The standard InChI is InChI=1S/C23H28BrClN2O3/c1-4-21(23(29)26-13-16(2)3)27(14-17-5-9-19(25)10-6-17)22(28)15-30-20-11-7-18(24)8-12-20/h5-12,16,21H,4,13-15H2,1-3H3,(H,26,29)/t21-/m0/s1. The van der Waals surface area contributed by atoms with Gasteiger partial charge in [-0.05, 0) is 54.3 Å². The summed E-state index contributed by atoms with van der Waals surface area (Å²) in [6, 6.07) is 13.9. The van der Waals surface area contributed by atoms with Crippen LogP contribution in [0.15, 0.2) is 53.0 Å². The first kappa shape index (κ1) is 24.2. The number of nitrogens with one attached hydrogen (secondary N) is 1. The molecular formula is C23H28BrClN2O3. The molecule has 0 bridgehead atoms. The van der Waals surface area contributed by atoms with Crippen molar-refractivity contribution in [2.24, 2.45) is 5.92 Å². The Bertz CT molecular complexity index is 825. The Balaban J connectivity index is 2.17. The number of rotatable bonds is 10. The van der Waals surface area contributed by atoms with Gasteiger partial charge in [0.25, 0.3) is 5.91 Å². The number of benzene rings is 2. The van der Waals surface area contributed by atoms with Crippen molar-refractivity contribution in [2.75, 3.05) is 13.2 Å². The molecule has 0 heterocycles. The largest absolute Gasteiger partial charge is 0.484 e. The number of carbonyl (C=O) groups is 2. The van der Waals surface area contributed by atoms with Crippen molar-refractivity contribution < 1.29 is 14.3 Å². The molecule has 2 aromatic carbocycles. The van der Waals surface area contributed by atoms with Gasteiger partial charge in [0, 0.05) is 22.6 Å². The predicted molar refractivity (Wildman–Crippen MR) is 124 cm³/mol. The smallest absolute Gasteiger partial charge is 0.261 e. The number of halogens is 2. The van der Waals surface area contributed by atoms with E-state index in [1.807, 2.05) is 45.0 Å². The summed E-state index contributed by atoms with van der Waals surface area (Å²) in [6.07, 6.45) is 0.502. The second kappa shape index (κ2) is 12.0. The molecule has 0 saturated heterocycles. The van der Waals surface area contributed by atoms with Crippen molar-refractivity contribution >= 4 is 39.3 Å². The van der Waals surface area contributed by atoms with E-state index in [0.717, 1.165) is 10.0 Å². The lowest BCUT2D eigenvalue weighted by Gasteiger charge is -2.30. The van der Waals surface area contributed by atoms with Crippen molar-refractivity contribution in [1.29, 1.82) is 0 Å². The molecule has 0 aliphatic rings. The van der Waals surface area contributed by atoms with E-state index in [2.05, 4.69) is 21.2 Å². The predicted octanol–water partition coefficient (Wildman–Crippen LogP) is 5.06. The van der Waals surface area contributed by atoms with Gasteiger partial charge >= 0.3 is 0 Å². The van der Waals surface area contributed by atoms with Gasteiger partial charge in [-0.1, -0.05) is 60.4 Å². The minimum Gasteiger partial charge on any atom is -0.484 e. The molecule has 2 aromatic rings. The van der Waals surface area contributed by atoms with Crippen LogP contribution in [0.4, 0.5) is 0 Å². The van der Waals surface area contributed by atoms with Crippen molar-refractivity contribution in [3.05, 3.63) is 63.6 Å². The second-order valence-corrected chi connectivity index (χ2v) is 8.81. The van der Waals surface area contributed by atoms with Crippen LogP contribution in [-0.2, 0) is 16.1 Å². The van der Waals surface area contributed by atoms with Gasteiger partial charge in [-0.15, -0.1) is 0 Å². The molecule has 1 atom stereocenters. The van der Waals surface area contributed by atoms with Crippen LogP contribution in [0, 0.1) is 5.92 Å². The quantitative estimate of drug-likeness (QED) is 0.501. The zero-order valence-corrected chi connectivity index (χ0v) is 19.9. The first-order chi connectivity index (χ1) is 14.3. The van der Waals surface area contributed by atoms with Gasteiger partial charge in [0.1, 0.15) is 11.8 Å². The molecule has 0 unspecified atom stereocenters. The van der Waals surface area contributed by atoms with E-state index in [1.165, 1.54) is 0 Å². The Morgan fingerprint density at radius 1 is 1.10 bits per heavy atom. The topological polar surface area (TPSA) is 58.6 Å². The van der Waals surface area contributed by atoms with E-state index in [4.69, 9.17) is 16.3 Å². The third-order valence-corrected chi connectivity index (χ3v) is 5.29. The summed E-state index contributed by atoms with van der Waals surface area (Å²) >= 11 is 9.36. The highest BCUT2D eigenvalue weighted by Crippen LogP contribution is 2.18. The SMILES string of the molecule is CC[C@@H](C(=O)NCC(C)C)N(Cc1ccc(Cl)cc1)C(=O)COc1ccc(Br)cc1. The van der Waals surface area contributed by atoms with Crippen LogP contribution >= 0.6 is 27.5 Å². The Kier molecular flexibility index (Phi) is 9.66. The number of amides is 2. The molecule has 0 aromatic heterocycles. The Morgan fingerprint density at radius 3 is 2.30 bits per heavy atom. The molecular weight excluding hydrogens is 468 g/mol. The Hall–Kier alpha value is -2.05. The first-order valence-electron chi connectivity index (χ1n) is 10.00. The molecule has 5 nitrogen and oxygen atoms in total. The molecule has 30 heavy (non-hydrogen) atoms. The number of hydrogen-bond acceptors (Lipinski definition) is 3. The van der Waals surface area contributed by atoms with Crippen LogP contribution in [0.3, 0.4) is 0 Å². The van der Waals surface area contributed by atoms with E-state index >= 15 is 0 Å². The molecule has 7 heteroatoms. The number of carbonyl (C=O) groups excluding carboxylic acids is 2. The normalized spacial score (nSPS) is 11.8. The minimum atomic E-state index is -0.583. The summed E-state index contributed by atoms with van der Waals surface area (Å²) in [5.41, 5.74) is 0.895. The fourth-order valence-corrected chi connectivity index (χ4v) is 3.28. The van der Waals surface area contributed by atoms with Crippen LogP contribution < -0.4 is 10.1 Å². The monoisotopic (exact) mass is 494 g/mol. The van der Waals surface area contributed by atoms with Gasteiger partial charge in [0.15, 0.2) is 6.61 Å². The molecule has 0 saturated carbocycles. The third kappa shape index (κ3) is 7.65. The van der Waals surface area contributed by atoms with Gasteiger partial charge in [0.05, 0.1) is 0 Å². The summed E-state index contributed by atoms with van der Waals surface area (Å²) in [5, 5.41) is 3.57. The summed E-state index contributed by atoms with van der Waals surface area (Å²) in [6.45, 7) is 6.68. The summed E-state index contributed by atoms with van der Waals surface area (Å²) < 4.78 is 6.60. The molecule has 2 amide bonds. The second-order valence-electron chi connectivity index (χ2n) is 7.45. The summed E-state index contributed by atoms with van der Waals surface area (Å²) in [4.78, 5) is 27.5. The highest BCUT2D eigenvalue weighted by Gasteiger charge is 2.29. The molecule has 2 rings (SSSR count). The lowest BCUT2D eigenvalue weighted by molar-refractivity contribution is -0.143. The maximum atomic E-state index is 13.1. The van der Waals surface area contributed by atoms with Crippen molar-refractivity contribution in [1.82, 2.24) is 10.2 Å². The lowest BCUT2D eigenvalue weighted by Crippen LogP contribution is -2.50. The third-order valence-electron chi connectivity index (χ3n) is 4.51. The van der Waals surface area contributed by atoms with Crippen molar-refractivity contribution in [2.45, 2.75) is 39.8 Å². The number of ether oxygens (including phenoxy) is 1. The van der Waals surface area contributed by atoms with Crippen molar-refractivity contribution in [3.63, 3.8) is 0 Å². The fraction of sp³-hybridized carbons (Fsp3) is 0.391. The molecule has 1 N–H and O–H groups in total. The van der Waals surface area contributed by atoms with E-state index < -0.39 is 6.04 Å². The van der Waals surface area contributed by atoms with Crippen LogP contribution in [0.1, 0.15) is 32.8 Å². The van der Waals surface area contributed by atoms with E-state index in [-0.39, 0.29) is 18.4 Å². The van der Waals surface area contributed by atoms with E-state index in [9.17, 15) is 9.59 Å². The average molecular weight is 496 g/mol. The molecule has 162 valence electrons. The number of hydrogen-bond donors (Lipinski definition) is 1. The van der Waals surface area contributed by atoms with E-state index in [0.29, 0.717) is 36.2 Å². The van der Waals surface area contributed by atoms with Gasteiger partial charge in [-0.25, -0.2) is 0 Å². The highest BCUT2D eigenvalue weighted by molar-refractivity contribution is 9.10. The molecule has 0 aliphatic carbocycles. The zero-order valence-electron chi connectivity index (χ0n) is 17.5. The van der Waals surface area contributed by atoms with Crippen LogP contribution in [0.2, 0.25) is 5.02 Å². The molecule has 0 fully saturated rings. The zero-order chi connectivity index (χ0) is 22.1. The molecule has 0 radical (unpaired) electrons. The van der Waals surface area contributed by atoms with E-state index in [1.54, 1.807) is 29.2 Å². The van der Waals surface area contributed by atoms with Gasteiger partial charge in [-0.3, -0.25) is 9.59 Å². The van der Waals surface area contributed by atoms with Crippen molar-refractivity contribution in [3.8, 4) is 5.75 Å². The average Bonchev–Trinajstić information content (AvgIpc) is 2.72. The first-order valence-corrected chi connectivity index (χ1v) is 11.2. The minimum absolute atomic E-state index is 0.150. The maximum absolute atomic E-state index is 13.1. The molecule has 0 aliphatic heterocycles. The van der Waals surface area contributed by atoms with Crippen LogP contribution in [-0.4, -0.2) is 35.9 Å². The maximum Gasteiger partial charge on any atom is 0.261 e. The summed E-state index contributed by atoms with van der Waals surface area (Å²) in [7, 11) is 0. The van der Waals surface area contributed by atoms with Crippen LogP contribution in [0.5, 0.6) is 5.75 Å². The highest BCUT2D eigenvalue weighted by atomic mass is 79.9. The van der Waals surface area contributed by atoms with Gasteiger partial charge < -0.3 is 15.0 Å². The fourth-order valence-electron chi connectivity index (χ4n) is 2.89. The summed E-state index contributed by atoms with van der Waals surface area (Å²) in [5.74, 6) is 0.513. The van der Waals surface area contributed by atoms with Gasteiger partial charge in [-0.2, -0.15) is 0 Å².